The minimum atomic E-state index is -3.33. The number of nitro groups is 1. The van der Waals surface area contributed by atoms with Crippen LogP contribution in [0.2, 0.25) is 0 Å². The van der Waals surface area contributed by atoms with E-state index in [1.165, 1.54) is 31.3 Å². The molecule has 15 heavy (non-hydrogen) atoms. The average Bonchev–Trinajstić information content (AvgIpc) is 2.15. The van der Waals surface area contributed by atoms with Crippen LogP contribution in [0, 0.1) is 10.1 Å². The zero-order valence-electron chi connectivity index (χ0n) is 8.25. The second-order valence-electron chi connectivity index (χ2n) is 3.03. The Labute approximate surface area is 87.2 Å². The van der Waals surface area contributed by atoms with Gasteiger partial charge in [0.2, 0.25) is 0 Å². The maximum Gasteiger partial charge on any atom is 0.175 e. The van der Waals surface area contributed by atoms with Crippen molar-refractivity contribution >= 4 is 15.5 Å². The van der Waals surface area contributed by atoms with Crippen LogP contribution in [-0.4, -0.2) is 26.8 Å². The molecule has 0 saturated carbocycles. The van der Waals surface area contributed by atoms with Crippen LogP contribution >= 0.6 is 0 Å². The van der Waals surface area contributed by atoms with Crippen molar-refractivity contribution in [3.8, 4) is 0 Å². The summed E-state index contributed by atoms with van der Waals surface area (Å²) in [5.41, 5.74) is 0.225. The van der Waals surface area contributed by atoms with E-state index in [4.69, 9.17) is 0 Å². The van der Waals surface area contributed by atoms with E-state index in [0.717, 1.165) is 11.3 Å². The van der Waals surface area contributed by atoms with Gasteiger partial charge in [-0.25, -0.2) is 18.5 Å². The van der Waals surface area contributed by atoms with Crippen molar-refractivity contribution in [1.82, 2.24) is 0 Å². The number of hydrogen-bond donors (Lipinski definition) is 0. The van der Waals surface area contributed by atoms with Gasteiger partial charge in [0, 0.05) is 6.26 Å². The fourth-order valence-electron chi connectivity index (χ4n) is 1.01. The van der Waals surface area contributed by atoms with Crippen LogP contribution in [-0.2, 0) is 9.84 Å². The van der Waals surface area contributed by atoms with E-state index in [1.54, 1.807) is 0 Å². The van der Waals surface area contributed by atoms with Crippen LogP contribution in [0.1, 0.15) is 0 Å². The molecule has 0 unspecified atom stereocenters. The van der Waals surface area contributed by atoms with Crippen molar-refractivity contribution in [2.45, 2.75) is 4.90 Å². The normalized spacial score (nSPS) is 11.1. The molecule has 0 radical (unpaired) electrons. The summed E-state index contributed by atoms with van der Waals surface area (Å²) < 4.78 is 22.4. The first kappa shape index (κ1) is 11.4. The number of hydrogen-bond acceptors (Lipinski definition) is 4. The first-order chi connectivity index (χ1) is 6.82. The lowest BCUT2D eigenvalue weighted by atomic mass is 10.3. The first-order valence-electron chi connectivity index (χ1n) is 4.00. The molecule has 0 aliphatic rings. The number of nitrogens with zero attached hydrogens (tertiary/aromatic N) is 2. The van der Waals surface area contributed by atoms with Crippen LogP contribution in [0.4, 0.5) is 5.69 Å². The monoisotopic (exact) mass is 230 g/mol. The highest BCUT2D eigenvalue weighted by atomic mass is 32.2. The third kappa shape index (κ3) is 2.66. The number of benzene rings is 1. The van der Waals surface area contributed by atoms with Gasteiger partial charge in [0.25, 0.3) is 0 Å². The highest BCUT2D eigenvalue weighted by Crippen LogP contribution is 2.18. The predicted octanol–water partition coefficient (Wildman–Crippen LogP) is 0.718. The minimum absolute atomic E-state index is 0.0636. The summed E-state index contributed by atoms with van der Waals surface area (Å²) in [4.78, 5) is 10.5. The van der Waals surface area contributed by atoms with E-state index in [9.17, 15) is 18.5 Å². The maximum atomic E-state index is 11.2. The Morgan fingerprint density at radius 1 is 1.40 bits per heavy atom. The SMILES string of the molecule is CN(c1cccc(S(C)(=O)=O)c1)[N+](=O)[O-]. The fourth-order valence-corrected chi connectivity index (χ4v) is 1.67. The van der Waals surface area contributed by atoms with E-state index >= 15 is 0 Å². The molecule has 0 bridgehead atoms. The summed E-state index contributed by atoms with van der Waals surface area (Å²) in [7, 11) is -2.08. The van der Waals surface area contributed by atoms with E-state index < -0.39 is 14.9 Å². The molecule has 0 N–H and O–H groups in total. The Morgan fingerprint density at radius 2 is 2.00 bits per heavy atom. The lowest BCUT2D eigenvalue weighted by Crippen LogP contribution is -2.24. The molecule has 0 aliphatic carbocycles. The summed E-state index contributed by atoms with van der Waals surface area (Å²) in [5.74, 6) is 0. The zero-order chi connectivity index (χ0) is 11.6. The summed E-state index contributed by atoms with van der Waals surface area (Å²) in [5, 5.41) is 10.6. The van der Waals surface area contributed by atoms with Gasteiger partial charge in [-0.2, -0.15) is 0 Å². The molecule has 0 heterocycles. The molecule has 82 valence electrons. The molecule has 1 aromatic rings. The molecule has 1 aromatic carbocycles. The van der Waals surface area contributed by atoms with Gasteiger partial charge in [0.05, 0.1) is 11.9 Å². The van der Waals surface area contributed by atoms with Gasteiger partial charge < -0.3 is 0 Å². The first-order valence-corrected chi connectivity index (χ1v) is 5.89. The van der Waals surface area contributed by atoms with Crippen molar-refractivity contribution in [3.63, 3.8) is 0 Å². The molecule has 0 aliphatic heterocycles. The smallest absolute Gasteiger partial charge is 0.175 e. The van der Waals surface area contributed by atoms with E-state index in [2.05, 4.69) is 0 Å². The summed E-state index contributed by atoms with van der Waals surface area (Å²) >= 11 is 0. The molecule has 0 aromatic heterocycles. The largest absolute Gasteiger partial charge is 0.234 e. The third-order valence-electron chi connectivity index (χ3n) is 1.86. The summed E-state index contributed by atoms with van der Waals surface area (Å²) in [6, 6.07) is 5.59. The van der Waals surface area contributed by atoms with Crippen molar-refractivity contribution < 1.29 is 13.5 Å². The van der Waals surface area contributed by atoms with Crippen molar-refractivity contribution in [2.24, 2.45) is 0 Å². The highest BCUT2D eigenvalue weighted by molar-refractivity contribution is 7.90. The molecule has 6 nitrogen and oxygen atoms in total. The standard InChI is InChI=1S/C8H10N2O4S/c1-9(10(11)12)7-4-3-5-8(6-7)15(2,13)14/h3-6H,1-2H3. The summed E-state index contributed by atoms with van der Waals surface area (Å²) in [6.45, 7) is 0. The Balaban J connectivity index is 3.20. The molecular weight excluding hydrogens is 220 g/mol. The number of hydrazine groups is 1. The van der Waals surface area contributed by atoms with Gasteiger partial charge >= 0.3 is 0 Å². The lowest BCUT2D eigenvalue weighted by molar-refractivity contribution is -0.490. The van der Waals surface area contributed by atoms with E-state index in [1.807, 2.05) is 0 Å². The van der Waals surface area contributed by atoms with Gasteiger partial charge in [-0.1, -0.05) is 11.1 Å². The topological polar surface area (TPSA) is 80.5 Å². The molecule has 1 rings (SSSR count). The van der Waals surface area contributed by atoms with Crippen molar-refractivity contribution in [2.75, 3.05) is 18.3 Å². The molecule has 0 spiro atoms. The van der Waals surface area contributed by atoms with Gasteiger partial charge in [-0.15, -0.1) is 0 Å². The number of rotatable bonds is 3. The molecule has 0 amide bonds. The van der Waals surface area contributed by atoms with Crippen molar-refractivity contribution in [1.29, 1.82) is 0 Å². The minimum Gasteiger partial charge on any atom is -0.234 e. The van der Waals surface area contributed by atoms with Crippen LogP contribution in [0.5, 0.6) is 0 Å². The number of anilines is 1. The highest BCUT2D eigenvalue weighted by Gasteiger charge is 2.14. The number of sulfone groups is 1. The Kier molecular flexibility index (Phi) is 2.94. The molecule has 0 saturated heterocycles. The Bertz CT molecular complexity index is 483. The van der Waals surface area contributed by atoms with Crippen LogP contribution < -0.4 is 5.01 Å². The van der Waals surface area contributed by atoms with Crippen LogP contribution in [0.25, 0.3) is 0 Å². The Hall–Kier alpha value is -1.63. The molecular formula is C8H10N2O4S. The van der Waals surface area contributed by atoms with Gasteiger partial charge in [-0.3, -0.25) is 0 Å². The molecule has 0 atom stereocenters. The van der Waals surface area contributed by atoms with E-state index in [-0.39, 0.29) is 10.6 Å². The zero-order valence-corrected chi connectivity index (χ0v) is 9.06. The third-order valence-corrected chi connectivity index (χ3v) is 2.97. The lowest BCUT2D eigenvalue weighted by Gasteiger charge is -2.08. The van der Waals surface area contributed by atoms with Crippen molar-refractivity contribution in [3.05, 3.63) is 34.4 Å². The quantitative estimate of drug-likeness (QED) is 0.564. The molecule has 0 fully saturated rings. The predicted molar refractivity (Wildman–Crippen MR) is 54.9 cm³/mol. The van der Waals surface area contributed by atoms with Gasteiger partial charge in [0.15, 0.2) is 14.9 Å². The fraction of sp³-hybridized carbons (Fsp3) is 0.250. The van der Waals surface area contributed by atoms with Gasteiger partial charge in [-0.05, 0) is 18.2 Å². The van der Waals surface area contributed by atoms with Crippen LogP contribution in [0.3, 0.4) is 0 Å². The Morgan fingerprint density at radius 3 is 2.47 bits per heavy atom. The van der Waals surface area contributed by atoms with Gasteiger partial charge in [0.1, 0.15) is 5.69 Å². The second kappa shape index (κ2) is 3.85. The van der Waals surface area contributed by atoms with E-state index in [0.29, 0.717) is 0 Å². The maximum absolute atomic E-state index is 11.2. The summed E-state index contributed by atoms with van der Waals surface area (Å²) in [6.07, 6.45) is 1.05. The molecule has 7 heteroatoms. The second-order valence-corrected chi connectivity index (χ2v) is 5.05. The average molecular weight is 230 g/mol. The van der Waals surface area contributed by atoms with Crippen LogP contribution in [0.15, 0.2) is 29.2 Å².